The molecule has 1 atom stereocenters. The lowest BCUT2D eigenvalue weighted by Gasteiger charge is -2.27. The predicted molar refractivity (Wildman–Crippen MR) is 138 cm³/mol. The van der Waals surface area contributed by atoms with Gasteiger partial charge in [0.15, 0.2) is 0 Å². The topological polar surface area (TPSA) is 56.3 Å². The number of benzene rings is 2. The van der Waals surface area contributed by atoms with Crippen molar-refractivity contribution in [3.05, 3.63) is 71.4 Å². The molecule has 1 aromatic heterocycles. The van der Waals surface area contributed by atoms with Crippen LogP contribution in [0.3, 0.4) is 0 Å². The molecule has 0 spiro atoms. The highest BCUT2D eigenvalue weighted by atomic mass is 15.2. The maximum atomic E-state index is 4.93. The first kappa shape index (κ1) is 23.2. The molecule has 0 radical (unpaired) electrons. The SMILES string of the molecule is CNc1ccc(C2Cc3cnc(NCCCN(C)CCN(C)C)nc3-c3ccccc32)cc1. The number of nitrogens with one attached hydrogen (secondary N) is 2. The third-order valence-corrected chi connectivity index (χ3v) is 6.41. The summed E-state index contributed by atoms with van der Waals surface area (Å²) in [7, 11) is 8.36. The Hall–Kier alpha value is -2.96. The van der Waals surface area contributed by atoms with E-state index in [1.807, 2.05) is 13.2 Å². The molecule has 4 rings (SSSR count). The minimum Gasteiger partial charge on any atom is -0.388 e. The molecule has 1 heterocycles. The van der Waals surface area contributed by atoms with Crippen LogP contribution >= 0.6 is 0 Å². The highest BCUT2D eigenvalue weighted by molar-refractivity contribution is 5.72. The van der Waals surface area contributed by atoms with E-state index in [0.29, 0.717) is 5.92 Å². The number of hydrogen-bond donors (Lipinski definition) is 2. The van der Waals surface area contributed by atoms with Crippen LogP contribution in [0.5, 0.6) is 0 Å². The predicted octanol–water partition coefficient (Wildman–Crippen LogP) is 4.17. The number of likely N-dealkylation sites (N-methyl/N-ethyl adjacent to an activating group) is 2. The molecule has 1 unspecified atom stereocenters. The van der Waals surface area contributed by atoms with Crippen molar-refractivity contribution in [2.75, 3.05) is 65.0 Å². The normalized spacial score (nSPS) is 14.8. The van der Waals surface area contributed by atoms with Gasteiger partial charge in [0.1, 0.15) is 0 Å². The van der Waals surface area contributed by atoms with E-state index in [4.69, 9.17) is 4.98 Å². The van der Waals surface area contributed by atoms with Crippen molar-refractivity contribution >= 4 is 11.6 Å². The Kier molecular flexibility index (Phi) is 7.57. The van der Waals surface area contributed by atoms with Gasteiger partial charge < -0.3 is 20.4 Å². The molecule has 0 saturated heterocycles. The Morgan fingerprint density at radius 2 is 1.76 bits per heavy atom. The average Bonchev–Trinajstić information content (AvgIpc) is 2.85. The van der Waals surface area contributed by atoms with Crippen molar-refractivity contribution in [3.63, 3.8) is 0 Å². The summed E-state index contributed by atoms with van der Waals surface area (Å²) in [6.07, 6.45) is 3.99. The number of rotatable bonds is 10. The highest BCUT2D eigenvalue weighted by Gasteiger charge is 2.27. The zero-order valence-electron chi connectivity index (χ0n) is 20.3. The molecule has 1 aliphatic rings. The zero-order chi connectivity index (χ0) is 23.2. The summed E-state index contributed by atoms with van der Waals surface area (Å²) >= 11 is 0. The summed E-state index contributed by atoms with van der Waals surface area (Å²) < 4.78 is 0. The summed E-state index contributed by atoms with van der Waals surface area (Å²) in [6, 6.07) is 17.4. The van der Waals surface area contributed by atoms with Gasteiger partial charge in [-0.1, -0.05) is 36.4 Å². The fourth-order valence-corrected chi connectivity index (χ4v) is 4.43. The molecule has 174 valence electrons. The molecule has 0 fully saturated rings. The molecule has 2 aromatic carbocycles. The second-order valence-electron chi connectivity index (χ2n) is 9.17. The standard InChI is InChI=1S/C27H36N6/c1-28-22-12-10-20(11-13-22)25-18-21-19-30-27(29-14-7-15-33(4)17-16-32(2)3)31-26(21)24-9-6-5-8-23(24)25/h5-6,8-13,19,25,28H,7,14-18H2,1-4H3,(H,29,30,31). The van der Waals surface area contributed by atoms with Crippen LogP contribution in [-0.4, -0.2) is 74.1 Å². The molecule has 0 aliphatic heterocycles. The maximum absolute atomic E-state index is 4.93. The fourth-order valence-electron chi connectivity index (χ4n) is 4.43. The van der Waals surface area contributed by atoms with Crippen LogP contribution in [0.2, 0.25) is 0 Å². The van der Waals surface area contributed by atoms with Gasteiger partial charge in [-0.2, -0.15) is 0 Å². The molecule has 6 heteroatoms. The van der Waals surface area contributed by atoms with Crippen molar-refractivity contribution in [1.29, 1.82) is 0 Å². The van der Waals surface area contributed by atoms with E-state index >= 15 is 0 Å². The first-order valence-electron chi connectivity index (χ1n) is 11.8. The van der Waals surface area contributed by atoms with Gasteiger partial charge in [0.05, 0.1) is 5.69 Å². The minimum atomic E-state index is 0.319. The number of hydrogen-bond acceptors (Lipinski definition) is 6. The van der Waals surface area contributed by atoms with E-state index in [0.717, 1.165) is 56.4 Å². The van der Waals surface area contributed by atoms with Gasteiger partial charge in [-0.25, -0.2) is 9.97 Å². The van der Waals surface area contributed by atoms with Crippen LogP contribution in [-0.2, 0) is 6.42 Å². The quantitative estimate of drug-likeness (QED) is 0.458. The first-order valence-corrected chi connectivity index (χ1v) is 11.8. The van der Waals surface area contributed by atoms with Crippen molar-refractivity contribution in [3.8, 4) is 11.3 Å². The fraction of sp³-hybridized carbons (Fsp3) is 0.407. The molecular weight excluding hydrogens is 408 g/mol. The lowest BCUT2D eigenvalue weighted by atomic mass is 9.78. The van der Waals surface area contributed by atoms with Crippen LogP contribution in [0.4, 0.5) is 11.6 Å². The Morgan fingerprint density at radius 1 is 0.970 bits per heavy atom. The molecule has 1 aliphatic carbocycles. The smallest absolute Gasteiger partial charge is 0.223 e. The molecule has 3 aromatic rings. The van der Waals surface area contributed by atoms with Gasteiger partial charge in [0.25, 0.3) is 0 Å². The van der Waals surface area contributed by atoms with Crippen LogP contribution in [0, 0.1) is 0 Å². The summed E-state index contributed by atoms with van der Waals surface area (Å²) in [6.45, 7) is 4.09. The third-order valence-electron chi connectivity index (χ3n) is 6.41. The minimum absolute atomic E-state index is 0.319. The molecule has 0 amide bonds. The molecule has 0 bridgehead atoms. The summed E-state index contributed by atoms with van der Waals surface area (Å²) in [5, 5.41) is 6.64. The van der Waals surface area contributed by atoms with E-state index in [-0.39, 0.29) is 0 Å². The van der Waals surface area contributed by atoms with Crippen LogP contribution in [0.1, 0.15) is 29.0 Å². The van der Waals surface area contributed by atoms with Crippen LogP contribution in [0.15, 0.2) is 54.7 Å². The highest BCUT2D eigenvalue weighted by Crippen LogP contribution is 2.41. The summed E-state index contributed by atoms with van der Waals surface area (Å²) in [5.74, 6) is 1.04. The Bertz CT molecular complexity index is 1050. The van der Waals surface area contributed by atoms with E-state index in [2.05, 4.69) is 95.1 Å². The van der Waals surface area contributed by atoms with Gasteiger partial charge >= 0.3 is 0 Å². The van der Waals surface area contributed by atoms with E-state index in [1.54, 1.807) is 0 Å². The number of nitrogens with zero attached hydrogens (tertiary/aromatic N) is 4. The second-order valence-corrected chi connectivity index (χ2v) is 9.17. The van der Waals surface area contributed by atoms with Crippen molar-refractivity contribution in [1.82, 2.24) is 19.8 Å². The second kappa shape index (κ2) is 10.8. The monoisotopic (exact) mass is 444 g/mol. The van der Waals surface area contributed by atoms with E-state index in [1.165, 1.54) is 22.3 Å². The van der Waals surface area contributed by atoms with Gasteiger partial charge in [-0.3, -0.25) is 0 Å². The lowest BCUT2D eigenvalue weighted by Crippen LogP contribution is -2.30. The molecular formula is C27H36N6. The average molecular weight is 445 g/mol. The van der Waals surface area contributed by atoms with Gasteiger partial charge in [0, 0.05) is 50.0 Å². The lowest BCUT2D eigenvalue weighted by molar-refractivity contribution is 0.281. The third kappa shape index (κ3) is 5.70. The van der Waals surface area contributed by atoms with Crippen molar-refractivity contribution in [2.45, 2.75) is 18.8 Å². The number of anilines is 2. The first-order chi connectivity index (χ1) is 16.0. The Labute approximate surface area is 198 Å². The molecule has 6 nitrogen and oxygen atoms in total. The summed E-state index contributed by atoms with van der Waals surface area (Å²) in [5.41, 5.74) is 7.29. The Morgan fingerprint density at radius 3 is 2.52 bits per heavy atom. The van der Waals surface area contributed by atoms with Gasteiger partial charge in [0.2, 0.25) is 5.95 Å². The molecule has 2 N–H and O–H groups in total. The Balaban J connectivity index is 1.45. The zero-order valence-corrected chi connectivity index (χ0v) is 20.3. The largest absolute Gasteiger partial charge is 0.388 e. The molecule has 33 heavy (non-hydrogen) atoms. The van der Waals surface area contributed by atoms with Crippen molar-refractivity contribution < 1.29 is 0 Å². The van der Waals surface area contributed by atoms with Gasteiger partial charge in [-0.05, 0) is 69.4 Å². The molecule has 0 saturated carbocycles. The van der Waals surface area contributed by atoms with E-state index < -0.39 is 0 Å². The summed E-state index contributed by atoms with van der Waals surface area (Å²) in [4.78, 5) is 14.2. The van der Waals surface area contributed by atoms with Crippen LogP contribution in [0.25, 0.3) is 11.3 Å². The maximum Gasteiger partial charge on any atom is 0.223 e. The number of fused-ring (bicyclic) bond motifs is 3. The van der Waals surface area contributed by atoms with E-state index in [9.17, 15) is 0 Å². The van der Waals surface area contributed by atoms with Crippen molar-refractivity contribution in [2.24, 2.45) is 0 Å². The van der Waals surface area contributed by atoms with Gasteiger partial charge in [-0.15, -0.1) is 0 Å². The van der Waals surface area contributed by atoms with Crippen LogP contribution < -0.4 is 10.6 Å². The number of aromatic nitrogens is 2.